The van der Waals surface area contributed by atoms with E-state index in [0.717, 1.165) is 0 Å². The molecule has 1 unspecified atom stereocenters. The van der Waals surface area contributed by atoms with E-state index in [1.54, 1.807) is 32.9 Å². The predicted molar refractivity (Wildman–Crippen MR) is 104 cm³/mol. The number of H-pyrrole nitrogens is 1. The predicted octanol–water partition coefficient (Wildman–Crippen LogP) is 2.98. The van der Waals surface area contributed by atoms with Gasteiger partial charge in [0.2, 0.25) is 0 Å². The summed E-state index contributed by atoms with van der Waals surface area (Å²) in [6.45, 7) is 5.30. The van der Waals surface area contributed by atoms with Crippen molar-refractivity contribution < 1.29 is 14.6 Å². The Balaban J connectivity index is 2.23. The number of aromatic nitrogens is 2. The molecule has 27 heavy (non-hydrogen) atoms. The van der Waals surface area contributed by atoms with Crippen LogP contribution in [0.25, 0.3) is 0 Å². The lowest BCUT2D eigenvalue weighted by Crippen LogP contribution is -2.31. The number of aromatic amines is 1. The van der Waals surface area contributed by atoms with Gasteiger partial charge in [-0.2, -0.15) is 0 Å². The molecule has 0 saturated carbocycles. The van der Waals surface area contributed by atoms with E-state index < -0.39 is 11.9 Å². The Morgan fingerprint density at radius 1 is 1.30 bits per heavy atom. The monoisotopic (exact) mass is 387 g/mol. The van der Waals surface area contributed by atoms with Gasteiger partial charge < -0.3 is 20.1 Å². The second-order valence-electron chi connectivity index (χ2n) is 6.48. The third-order valence-electron chi connectivity index (χ3n) is 4.20. The highest BCUT2D eigenvalue weighted by molar-refractivity contribution is 7.98. The molecule has 3 N–H and O–H groups in total. The number of aromatic hydroxyl groups is 1. The molecule has 1 aliphatic heterocycles. The summed E-state index contributed by atoms with van der Waals surface area (Å²) in [6.07, 6.45) is 1.52. The number of ether oxygens (including phenoxy) is 1. The summed E-state index contributed by atoms with van der Waals surface area (Å²) in [5.41, 5.74) is 1.65. The molecule has 0 amide bonds. The van der Waals surface area contributed by atoms with Crippen LogP contribution in [-0.4, -0.2) is 33.4 Å². The second-order valence-corrected chi connectivity index (χ2v) is 7.27. The lowest BCUT2D eigenvalue weighted by atomic mass is 9.82. The number of nitrogens with one attached hydrogen (secondary N) is 2. The normalized spacial score (nSPS) is 16.1. The Kier molecular flexibility index (Phi) is 5.27. The average Bonchev–Trinajstić information content (AvgIpc) is 2.60. The van der Waals surface area contributed by atoms with E-state index in [1.165, 1.54) is 23.9 Å². The molecule has 0 aliphatic carbocycles. The SMILES string of the molecule is CSc1nc2c(c(=O)[nH]1)C(c1ccc(O)cc1)C(C(=O)OC(C)C)=C(C)N2. The first-order valence-electron chi connectivity index (χ1n) is 8.47. The lowest BCUT2D eigenvalue weighted by Gasteiger charge is -2.29. The van der Waals surface area contributed by atoms with Gasteiger partial charge in [-0.25, -0.2) is 9.78 Å². The van der Waals surface area contributed by atoms with Crippen LogP contribution in [-0.2, 0) is 9.53 Å². The van der Waals surface area contributed by atoms with E-state index in [2.05, 4.69) is 15.3 Å². The standard InChI is InChI=1S/C19H21N3O4S/c1-9(2)26-18(25)13-10(3)20-16-15(17(24)22-19(21-16)27-4)14(13)11-5-7-12(23)8-6-11/h5-9,14,23H,1-4H3,(H2,20,21,22,24). The number of carbonyl (C=O) groups excluding carboxylic acids is 1. The number of allylic oxidation sites excluding steroid dienone is 1. The average molecular weight is 387 g/mol. The summed E-state index contributed by atoms with van der Waals surface area (Å²) in [5, 5.41) is 13.2. The van der Waals surface area contributed by atoms with Crippen LogP contribution in [0.2, 0.25) is 0 Å². The number of rotatable bonds is 4. The number of anilines is 1. The third-order valence-corrected chi connectivity index (χ3v) is 4.78. The number of nitrogens with zero attached hydrogens (tertiary/aromatic N) is 1. The number of esters is 1. The minimum absolute atomic E-state index is 0.102. The van der Waals surface area contributed by atoms with Gasteiger partial charge in [0.1, 0.15) is 11.6 Å². The van der Waals surface area contributed by atoms with Crippen molar-refractivity contribution in [3.63, 3.8) is 0 Å². The van der Waals surface area contributed by atoms with Gasteiger partial charge in [-0.05, 0) is 44.7 Å². The third kappa shape index (κ3) is 3.71. The Hall–Kier alpha value is -2.74. The molecule has 142 valence electrons. The molecule has 1 aromatic carbocycles. The van der Waals surface area contributed by atoms with Gasteiger partial charge in [0, 0.05) is 5.70 Å². The molecule has 0 fully saturated rings. The quantitative estimate of drug-likeness (QED) is 0.421. The molecule has 2 aromatic rings. The number of hydrogen-bond donors (Lipinski definition) is 3. The summed E-state index contributed by atoms with van der Waals surface area (Å²) in [5.74, 6) is -0.628. The van der Waals surface area contributed by atoms with Crippen molar-refractivity contribution >= 4 is 23.5 Å². The number of phenolic OH excluding ortho intramolecular Hbond substituents is 1. The Morgan fingerprint density at radius 3 is 2.56 bits per heavy atom. The zero-order valence-corrected chi connectivity index (χ0v) is 16.3. The van der Waals surface area contributed by atoms with E-state index in [-0.39, 0.29) is 17.4 Å². The zero-order chi connectivity index (χ0) is 19.7. The van der Waals surface area contributed by atoms with Gasteiger partial charge in [0.05, 0.1) is 23.2 Å². The zero-order valence-electron chi connectivity index (χ0n) is 15.5. The van der Waals surface area contributed by atoms with Gasteiger partial charge in [-0.15, -0.1) is 0 Å². The summed E-state index contributed by atoms with van der Waals surface area (Å²) in [7, 11) is 0. The van der Waals surface area contributed by atoms with Gasteiger partial charge in [0.25, 0.3) is 5.56 Å². The fraction of sp³-hybridized carbons (Fsp3) is 0.316. The summed E-state index contributed by atoms with van der Waals surface area (Å²) in [4.78, 5) is 32.8. The van der Waals surface area contributed by atoms with Crippen molar-refractivity contribution in [2.45, 2.75) is 37.9 Å². The van der Waals surface area contributed by atoms with Crippen LogP contribution in [0.15, 0.2) is 45.5 Å². The highest BCUT2D eigenvalue weighted by Crippen LogP contribution is 2.40. The molecule has 1 aliphatic rings. The number of phenols is 1. The van der Waals surface area contributed by atoms with Crippen LogP contribution in [0, 0.1) is 0 Å². The van der Waals surface area contributed by atoms with Crippen LogP contribution in [0.5, 0.6) is 5.75 Å². The van der Waals surface area contributed by atoms with Crippen molar-refractivity contribution in [1.82, 2.24) is 9.97 Å². The Morgan fingerprint density at radius 2 is 1.96 bits per heavy atom. The van der Waals surface area contributed by atoms with Crippen LogP contribution in [0.1, 0.15) is 37.8 Å². The first-order valence-corrected chi connectivity index (χ1v) is 9.70. The molecule has 0 radical (unpaired) electrons. The molecule has 7 nitrogen and oxygen atoms in total. The molecular formula is C19H21N3O4S. The molecule has 1 atom stereocenters. The van der Waals surface area contributed by atoms with Crippen molar-refractivity contribution in [3.05, 3.63) is 57.0 Å². The fourth-order valence-electron chi connectivity index (χ4n) is 3.08. The molecule has 2 heterocycles. The second kappa shape index (κ2) is 7.48. The topological polar surface area (TPSA) is 104 Å². The maximum absolute atomic E-state index is 12.8. The maximum atomic E-state index is 12.8. The molecule has 3 rings (SSSR count). The van der Waals surface area contributed by atoms with Gasteiger partial charge >= 0.3 is 5.97 Å². The van der Waals surface area contributed by atoms with Crippen molar-refractivity contribution in [3.8, 4) is 5.75 Å². The minimum Gasteiger partial charge on any atom is -0.508 e. The van der Waals surface area contributed by atoms with Crippen molar-refractivity contribution in [2.75, 3.05) is 11.6 Å². The van der Waals surface area contributed by atoms with Crippen LogP contribution in [0.3, 0.4) is 0 Å². The van der Waals surface area contributed by atoms with Crippen LogP contribution >= 0.6 is 11.8 Å². The molecule has 0 saturated heterocycles. The molecule has 0 spiro atoms. The van der Waals surface area contributed by atoms with Crippen molar-refractivity contribution in [2.24, 2.45) is 0 Å². The molecule has 8 heteroatoms. The summed E-state index contributed by atoms with van der Waals surface area (Å²) in [6, 6.07) is 6.42. The number of carbonyl (C=O) groups is 1. The summed E-state index contributed by atoms with van der Waals surface area (Å²) >= 11 is 1.32. The number of fused-ring (bicyclic) bond motifs is 1. The highest BCUT2D eigenvalue weighted by Gasteiger charge is 2.36. The minimum atomic E-state index is -0.653. The molecule has 0 bridgehead atoms. The first-order chi connectivity index (χ1) is 12.8. The van der Waals surface area contributed by atoms with Crippen molar-refractivity contribution in [1.29, 1.82) is 0 Å². The lowest BCUT2D eigenvalue weighted by molar-refractivity contribution is -0.143. The smallest absolute Gasteiger partial charge is 0.337 e. The maximum Gasteiger partial charge on any atom is 0.337 e. The highest BCUT2D eigenvalue weighted by atomic mass is 32.2. The van der Waals surface area contributed by atoms with E-state index in [1.807, 2.05) is 6.26 Å². The first kappa shape index (κ1) is 19.0. The summed E-state index contributed by atoms with van der Waals surface area (Å²) < 4.78 is 5.41. The van der Waals surface area contributed by atoms with Crippen LogP contribution in [0.4, 0.5) is 5.82 Å². The van der Waals surface area contributed by atoms with Gasteiger partial charge in [-0.3, -0.25) is 4.79 Å². The van der Waals surface area contributed by atoms with Gasteiger partial charge in [0.15, 0.2) is 5.16 Å². The largest absolute Gasteiger partial charge is 0.508 e. The molecular weight excluding hydrogens is 366 g/mol. The Labute approximate surface area is 160 Å². The Bertz CT molecular complexity index is 964. The van der Waals surface area contributed by atoms with E-state index in [0.29, 0.717) is 33.4 Å². The van der Waals surface area contributed by atoms with Gasteiger partial charge in [-0.1, -0.05) is 23.9 Å². The van der Waals surface area contributed by atoms with Crippen LogP contribution < -0.4 is 10.9 Å². The molecule has 1 aromatic heterocycles. The number of hydrogen-bond acceptors (Lipinski definition) is 7. The van der Waals surface area contributed by atoms with E-state index in [9.17, 15) is 14.7 Å². The fourth-order valence-corrected chi connectivity index (χ4v) is 3.45. The van der Waals surface area contributed by atoms with E-state index in [4.69, 9.17) is 4.74 Å². The number of thioether (sulfide) groups is 1. The number of benzene rings is 1. The van der Waals surface area contributed by atoms with E-state index >= 15 is 0 Å².